The second-order valence-corrected chi connectivity index (χ2v) is 5.75. The molecule has 1 aromatic carbocycles. The highest BCUT2D eigenvalue weighted by atomic mass is 19.4. The zero-order chi connectivity index (χ0) is 13.6. The molecule has 0 amide bonds. The van der Waals surface area contributed by atoms with Crippen LogP contribution < -0.4 is 11.3 Å². The van der Waals surface area contributed by atoms with Crippen LogP contribution in [-0.4, -0.2) is 0 Å². The molecule has 2 saturated carbocycles. The van der Waals surface area contributed by atoms with Crippen molar-refractivity contribution in [3.05, 3.63) is 35.4 Å². The Morgan fingerprint density at radius 1 is 1.16 bits per heavy atom. The van der Waals surface area contributed by atoms with E-state index in [0.29, 0.717) is 11.5 Å². The first-order valence-corrected chi connectivity index (χ1v) is 6.62. The van der Waals surface area contributed by atoms with Crippen LogP contribution in [0.25, 0.3) is 0 Å². The van der Waals surface area contributed by atoms with Gasteiger partial charge in [0.25, 0.3) is 0 Å². The molecule has 19 heavy (non-hydrogen) atoms. The molecule has 0 aromatic heterocycles. The van der Waals surface area contributed by atoms with E-state index in [9.17, 15) is 13.2 Å². The molecule has 2 nitrogen and oxygen atoms in total. The maximum Gasteiger partial charge on any atom is 0.416 e. The van der Waals surface area contributed by atoms with Gasteiger partial charge in [-0.1, -0.05) is 12.1 Å². The highest BCUT2D eigenvalue weighted by Crippen LogP contribution is 2.57. The highest BCUT2D eigenvalue weighted by Gasteiger charge is 2.48. The van der Waals surface area contributed by atoms with Crippen LogP contribution >= 0.6 is 0 Å². The standard InChI is InChI=1S/C14H17F3N2/c15-14(16,17)12-3-1-2-8(7-12)13(19-18)11-5-9-4-10(9)6-11/h1-3,7,9-11,13,19H,4-6,18H2. The summed E-state index contributed by atoms with van der Waals surface area (Å²) < 4.78 is 38.2. The maximum atomic E-state index is 12.7. The molecule has 3 atom stereocenters. The van der Waals surface area contributed by atoms with Crippen LogP contribution in [0.15, 0.2) is 24.3 Å². The Bertz CT molecular complexity index is 462. The van der Waals surface area contributed by atoms with Crippen molar-refractivity contribution in [1.82, 2.24) is 5.43 Å². The van der Waals surface area contributed by atoms with Gasteiger partial charge >= 0.3 is 6.18 Å². The highest BCUT2D eigenvalue weighted by molar-refractivity contribution is 5.29. The van der Waals surface area contributed by atoms with Crippen molar-refractivity contribution in [2.45, 2.75) is 31.5 Å². The van der Waals surface area contributed by atoms with Gasteiger partial charge in [0.15, 0.2) is 0 Å². The van der Waals surface area contributed by atoms with Gasteiger partial charge in [0.1, 0.15) is 0 Å². The fraction of sp³-hybridized carbons (Fsp3) is 0.571. The van der Waals surface area contributed by atoms with E-state index in [2.05, 4.69) is 5.43 Å². The molecule has 3 N–H and O–H groups in total. The number of halogens is 3. The molecule has 0 radical (unpaired) electrons. The topological polar surface area (TPSA) is 38.0 Å². The van der Waals surface area contributed by atoms with E-state index in [1.54, 1.807) is 6.07 Å². The number of hydrazine groups is 1. The molecule has 0 bridgehead atoms. The fourth-order valence-electron chi connectivity index (χ4n) is 3.45. The zero-order valence-electron chi connectivity index (χ0n) is 10.5. The first-order valence-electron chi connectivity index (χ1n) is 6.62. The molecule has 2 aliphatic carbocycles. The predicted molar refractivity (Wildman–Crippen MR) is 65.8 cm³/mol. The lowest BCUT2D eigenvalue weighted by Gasteiger charge is -2.25. The minimum absolute atomic E-state index is 0.171. The van der Waals surface area contributed by atoms with E-state index in [1.807, 2.05) is 0 Å². The zero-order valence-corrected chi connectivity index (χ0v) is 10.5. The quantitative estimate of drug-likeness (QED) is 0.653. The second-order valence-electron chi connectivity index (χ2n) is 5.75. The summed E-state index contributed by atoms with van der Waals surface area (Å²) in [7, 11) is 0. The molecule has 104 valence electrons. The second kappa shape index (κ2) is 4.49. The molecular weight excluding hydrogens is 253 g/mol. The SMILES string of the molecule is NNC(c1cccc(C(F)(F)F)c1)C1CC2CC2C1. The van der Waals surface area contributed by atoms with Gasteiger partial charge in [0.2, 0.25) is 0 Å². The normalized spacial score (nSPS) is 31.1. The Labute approximate surface area is 110 Å². The minimum Gasteiger partial charge on any atom is -0.271 e. The van der Waals surface area contributed by atoms with Crippen molar-refractivity contribution in [2.75, 3.05) is 0 Å². The lowest BCUT2D eigenvalue weighted by Crippen LogP contribution is -2.33. The summed E-state index contributed by atoms with van der Waals surface area (Å²) in [5, 5.41) is 0. The van der Waals surface area contributed by atoms with E-state index in [4.69, 9.17) is 5.84 Å². The van der Waals surface area contributed by atoms with Crippen LogP contribution in [0.4, 0.5) is 13.2 Å². The summed E-state index contributed by atoms with van der Waals surface area (Å²) in [6.45, 7) is 0. The Hall–Kier alpha value is -1.07. The van der Waals surface area contributed by atoms with Crippen molar-refractivity contribution in [2.24, 2.45) is 23.6 Å². The van der Waals surface area contributed by atoms with Gasteiger partial charge in [-0.3, -0.25) is 11.3 Å². The molecule has 5 heteroatoms. The Morgan fingerprint density at radius 3 is 2.42 bits per heavy atom. The van der Waals surface area contributed by atoms with Crippen LogP contribution in [0.1, 0.15) is 36.4 Å². The van der Waals surface area contributed by atoms with Gasteiger partial charge in [0.05, 0.1) is 5.56 Å². The first kappa shape index (κ1) is 12.9. The number of benzene rings is 1. The van der Waals surface area contributed by atoms with Gasteiger partial charge in [-0.25, -0.2) is 0 Å². The van der Waals surface area contributed by atoms with E-state index in [1.165, 1.54) is 18.6 Å². The average molecular weight is 270 g/mol. The van der Waals surface area contributed by atoms with Crippen LogP contribution in [0, 0.1) is 17.8 Å². The average Bonchev–Trinajstić information content (AvgIpc) is 2.97. The van der Waals surface area contributed by atoms with Crippen molar-refractivity contribution < 1.29 is 13.2 Å². The van der Waals surface area contributed by atoms with Gasteiger partial charge in [-0.05, 0) is 54.7 Å². The van der Waals surface area contributed by atoms with Crippen LogP contribution in [0.5, 0.6) is 0 Å². The molecule has 2 fully saturated rings. The summed E-state index contributed by atoms with van der Waals surface area (Å²) in [5.74, 6) is 7.50. The summed E-state index contributed by atoms with van der Waals surface area (Å²) in [6.07, 6.45) is -0.852. The van der Waals surface area contributed by atoms with Crippen molar-refractivity contribution in [1.29, 1.82) is 0 Å². The summed E-state index contributed by atoms with van der Waals surface area (Å²) in [5.41, 5.74) is 2.75. The molecular formula is C14H17F3N2. The van der Waals surface area contributed by atoms with Crippen molar-refractivity contribution in [3.63, 3.8) is 0 Å². The first-order chi connectivity index (χ1) is 8.99. The third-order valence-electron chi connectivity index (χ3n) is 4.50. The van der Waals surface area contributed by atoms with Crippen LogP contribution in [0.3, 0.4) is 0 Å². The fourth-order valence-corrected chi connectivity index (χ4v) is 3.45. The lowest BCUT2D eigenvalue weighted by atomic mass is 9.89. The third-order valence-corrected chi connectivity index (χ3v) is 4.50. The summed E-state index contributed by atoms with van der Waals surface area (Å²) >= 11 is 0. The lowest BCUT2D eigenvalue weighted by molar-refractivity contribution is -0.137. The van der Waals surface area contributed by atoms with Gasteiger partial charge in [0, 0.05) is 6.04 Å². The van der Waals surface area contributed by atoms with Crippen molar-refractivity contribution in [3.8, 4) is 0 Å². The van der Waals surface area contributed by atoms with E-state index in [0.717, 1.165) is 30.7 Å². The number of alkyl halides is 3. The largest absolute Gasteiger partial charge is 0.416 e. The van der Waals surface area contributed by atoms with Crippen molar-refractivity contribution >= 4 is 0 Å². The van der Waals surface area contributed by atoms with E-state index in [-0.39, 0.29) is 6.04 Å². The number of rotatable bonds is 3. The van der Waals surface area contributed by atoms with E-state index < -0.39 is 11.7 Å². The molecule has 3 rings (SSSR count). The summed E-state index contributed by atoms with van der Waals surface area (Å²) in [4.78, 5) is 0. The number of hydrogen-bond acceptors (Lipinski definition) is 2. The monoisotopic (exact) mass is 270 g/mol. The number of fused-ring (bicyclic) bond motifs is 1. The van der Waals surface area contributed by atoms with Gasteiger partial charge in [-0.15, -0.1) is 0 Å². The van der Waals surface area contributed by atoms with Gasteiger partial charge < -0.3 is 0 Å². The molecule has 3 unspecified atom stereocenters. The number of nitrogens with two attached hydrogens (primary N) is 1. The Kier molecular flexibility index (Phi) is 3.06. The third kappa shape index (κ3) is 2.49. The molecule has 1 aromatic rings. The number of hydrogen-bond donors (Lipinski definition) is 2. The van der Waals surface area contributed by atoms with E-state index >= 15 is 0 Å². The van der Waals surface area contributed by atoms with Crippen LogP contribution in [0.2, 0.25) is 0 Å². The minimum atomic E-state index is -4.30. The predicted octanol–water partition coefficient (Wildman–Crippen LogP) is 3.26. The smallest absolute Gasteiger partial charge is 0.271 e. The van der Waals surface area contributed by atoms with Crippen LogP contribution in [-0.2, 0) is 6.18 Å². The molecule has 0 spiro atoms. The van der Waals surface area contributed by atoms with Gasteiger partial charge in [-0.2, -0.15) is 13.2 Å². The molecule has 2 aliphatic rings. The molecule has 0 heterocycles. The number of nitrogens with one attached hydrogen (secondary N) is 1. The Balaban J connectivity index is 1.82. The Morgan fingerprint density at radius 2 is 1.84 bits per heavy atom. The summed E-state index contributed by atoms with van der Waals surface area (Å²) in [6, 6.07) is 5.33. The molecule has 0 aliphatic heterocycles. The maximum absolute atomic E-state index is 12.7. The molecule has 0 saturated heterocycles.